The van der Waals surface area contributed by atoms with Gasteiger partial charge in [-0.05, 0) is 43.9 Å². The van der Waals surface area contributed by atoms with Crippen LogP contribution in [0, 0.1) is 6.92 Å². The Morgan fingerprint density at radius 1 is 1.28 bits per heavy atom. The zero-order chi connectivity index (χ0) is 21.2. The molecule has 6 nitrogen and oxygen atoms in total. The molecule has 6 heteroatoms. The van der Waals surface area contributed by atoms with Crippen LogP contribution in [0.3, 0.4) is 0 Å². The molecular formula is C23H34N4O2. The number of rotatable bonds is 7. The monoisotopic (exact) mass is 398 g/mol. The van der Waals surface area contributed by atoms with Gasteiger partial charge >= 0.3 is 0 Å². The standard InChI is InChI=1S/C23H34N4O2/c1-17(2)20-9-7-19(8-10-20)14-27-12-6-11-23(29,22(27)28)16-25(4)15-21-13-24-26(5)18(21)3/h7-10,13,17,29H,6,11-12,14-16H2,1-5H3/t23-/m1/s1. The molecule has 1 N–H and O–H groups in total. The number of aliphatic hydroxyl groups is 1. The molecule has 1 aromatic carbocycles. The molecule has 1 saturated heterocycles. The van der Waals surface area contributed by atoms with Gasteiger partial charge in [-0.3, -0.25) is 14.4 Å². The summed E-state index contributed by atoms with van der Waals surface area (Å²) in [7, 11) is 3.86. The van der Waals surface area contributed by atoms with E-state index in [9.17, 15) is 9.90 Å². The molecule has 1 fully saturated rings. The van der Waals surface area contributed by atoms with Crippen molar-refractivity contribution >= 4 is 5.91 Å². The van der Waals surface area contributed by atoms with Gasteiger partial charge in [-0.1, -0.05) is 38.1 Å². The Kier molecular flexibility index (Phi) is 6.44. The molecule has 1 aliphatic rings. The fourth-order valence-electron chi connectivity index (χ4n) is 4.08. The van der Waals surface area contributed by atoms with Crippen molar-refractivity contribution in [1.29, 1.82) is 0 Å². The first-order chi connectivity index (χ1) is 13.7. The Morgan fingerprint density at radius 3 is 2.55 bits per heavy atom. The lowest BCUT2D eigenvalue weighted by Gasteiger charge is -2.40. The van der Waals surface area contributed by atoms with Crippen molar-refractivity contribution in [2.75, 3.05) is 20.1 Å². The number of hydrogen-bond acceptors (Lipinski definition) is 4. The Hall–Kier alpha value is -2.18. The lowest BCUT2D eigenvalue weighted by Crippen LogP contribution is -2.57. The van der Waals surface area contributed by atoms with E-state index in [4.69, 9.17) is 0 Å². The number of amides is 1. The predicted molar refractivity (Wildman–Crippen MR) is 114 cm³/mol. The van der Waals surface area contributed by atoms with E-state index in [1.54, 1.807) is 4.90 Å². The average molecular weight is 399 g/mol. The van der Waals surface area contributed by atoms with Gasteiger partial charge in [0.1, 0.15) is 0 Å². The van der Waals surface area contributed by atoms with Crippen LogP contribution in [0.15, 0.2) is 30.5 Å². The van der Waals surface area contributed by atoms with Crippen LogP contribution in [0.2, 0.25) is 0 Å². The summed E-state index contributed by atoms with van der Waals surface area (Å²) in [6.07, 6.45) is 3.17. The maximum Gasteiger partial charge on any atom is 0.256 e. The highest BCUT2D eigenvalue weighted by molar-refractivity contribution is 5.86. The number of hydrogen-bond donors (Lipinski definition) is 1. The van der Waals surface area contributed by atoms with Crippen LogP contribution in [0.1, 0.15) is 55.0 Å². The van der Waals surface area contributed by atoms with E-state index in [2.05, 4.69) is 43.2 Å². The summed E-state index contributed by atoms with van der Waals surface area (Å²) in [5, 5.41) is 15.5. The van der Waals surface area contributed by atoms with Gasteiger partial charge in [-0.15, -0.1) is 0 Å². The number of likely N-dealkylation sites (tertiary alicyclic amines) is 1. The van der Waals surface area contributed by atoms with Gasteiger partial charge in [-0.2, -0.15) is 5.10 Å². The third-order valence-electron chi connectivity index (χ3n) is 6.03. The van der Waals surface area contributed by atoms with Gasteiger partial charge in [-0.25, -0.2) is 0 Å². The molecule has 2 aromatic rings. The second kappa shape index (κ2) is 8.67. The van der Waals surface area contributed by atoms with Gasteiger partial charge < -0.3 is 10.0 Å². The fraction of sp³-hybridized carbons (Fsp3) is 0.565. The highest BCUT2D eigenvalue weighted by Crippen LogP contribution is 2.26. The molecule has 158 valence electrons. The molecule has 0 spiro atoms. The molecule has 29 heavy (non-hydrogen) atoms. The van der Waals surface area contributed by atoms with Crippen molar-refractivity contribution in [2.24, 2.45) is 7.05 Å². The van der Waals surface area contributed by atoms with E-state index in [1.165, 1.54) is 5.56 Å². The zero-order valence-corrected chi connectivity index (χ0v) is 18.4. The van der Waals surface area contributed by atoms with Gasteiger partial charge in [0, 0.05) is 44.5 Å². The van der Waals surface area contributed by atoms with Crippen LogP contribution in [-0.2, 0) is 24.9 Å². The Labute approximate surface area is 174 Å². The Balaban J connectivity index is 1.64. The first kappa shape index (κ1) is 21.5. The highest BCUT2D eigenvalue weighted by atomic mass is 16.3. The minimum Gasteiger partial charge on any atom is -0.379 e. The van der Waals surface area contributed by atoms with Crippen LogP contribution in [0.5, 0.6) is 0 Å². The molecule has 1 amide bonds. The van der Waals surface area contributed by atoms with E-state index in [0.717, 1.165) is 23.2 Å². The summed E-state index contributed by atoms with van der Waals surface area (Å²) >= 11 is 0. The van der Waals surface area contributed by atoms with Crippen molar-refractivity contribution in [3.05, 3.63) is 52.8 Å². The van der Waals surface area contributed by atoms with Crippen LogP contribution in [0.4, 0.5) is 0 Å². The SMILES string of the molecule is Cc1c(CN(C)C[C@]2(O)CCCN(Cc3ccc(C(C)C)cc3)C2=O)cnn1C. The largest absolute Gasteiger partial charge is 0.379 e. The number of likely N-dealkylation sites (N-methyl/N-ethyl adjacent to an activating group) is 1. The molecule has 0 saturated carbocycles. The molecule has 0 unspecified atom stereocenters. The molecule has 1 aromatic heterocycles. The number of aromatic nitrogens is 2. The van der Waals surface area contributed by atoms with Crippen LogP contribution >= 0.6 is 0 Å². The number of nitrogens with zero attached hydrogens (tertiary/aromatic N) is 4. The molecule has 0 bridgehead atoms. The summed E-state index contributed by atoms with van der Waals surface area (Å²) in [6, 6.07) is 8.44. The predicted octanol–water partition coefficient (Wildman–Crippen LogP) is 2.84. The van der Waals surface area contributed by atoms with E-state index in [1.807, 2.05) is 36.8 Å². The van der Waals surface area contributed by atoms with Crippen LogP contribution in [-0.4, -0.2) is 56.3 Å². The number of aryl methyl sites for hydroxylation is 1. The maximum atomic E-state index is 13.1. The van der Waals surface area contributed by atoms with Gasteiger partial charge in [0.25, 0.3) is 5.91 Å². The minimum atomic E-state index is -1.33. The second-order valence-corrected chi connectivity index (χ2v) is 8.81. The molecule has 1 atom stereocenters. The number of carbonyl (C=O) groups is 1. The summed E-state index contributed by atoms with van der Waals surface area (Å²) in [5.74, 6) is 0.330. The smallest absolute Gasteiger partial charge is 0.256 e. The molecular weight excluding hydrogens is 364 g/mol. The molecule has 1 aliphatic heterocycles. The lowest BCUT2D eigenvalue weighted by molar-refractivity contribution is -0.160. The first-order valence-electron chi connectivity index (χ1n) is 10.5. The van der Waals surface area contributed by atoms with Crippen LogP contribution in [0.25, 0.3) is 0 Å². The summed E-state index contributed by atoms with van der Waals surface area (Å²) < 4.78 is 1.84. The average Bonchev–Trinajstić information content (AvgIpc) is 2.98. The summed E-state index contributed by atoms with van der Waals surface area (Å²) in [4.78, 5) is 16.9. The third-order valence-corrected chi connectivity index (χ3v) is 6.03. The van der Waals surface area contributed by atoms with Crippen molar-refractivity contribution in [2.45, 2.75) is 58.2 Å². The Bertz CT molecular complexity index is 843. The molecule has 2 heterocycles. The minimum absolute atomic E-state index is 0.161. The highest BCUT2D eigenvalue weighted by Gasteiger charge is 2.42. The van der Waals surface area contributed by atoms with Crippen molar-refractivity contribution in [3.63, 3.8) is 0 Å². The third kappa shape index (κ3) is 4.87. The number of carbonyl (C=O) groups excluding carboxylic acids is 1. The van der Waals surface area contributed by atoms with E-state index in [-0.39, 0.29) is 5.91 Å². The van der Waals surface area contributed by atoms with Crippen molar-refractivity contribution in [1.82, 2.24) is 19.6 Å². The zero-order valence-electron chi connectivity index (χ0n) is 18.4. The Morgan fingerprint density at radius 2 is 1.97 bits per heavy atom. The number of benzene rings is 1. The van der Waals surface area contributed by atoms with Crippen LogP contribution < -0.4 is 0 Å². The van der Waals surface area contributed by atoms with E-state index < -0.39 is 5.60 Å². The summed E-state index contributed by atoms with van der Waals surface area (Å²) in [6.45, 7) is 8.60. The van der Waals surface area contributed by atoms with E-state index in [0.29, 0.717) is 38.5 Å². The maximum absolute atomic E-state index is 13.1. The second-order valence-electron chi connectivity index (χ2n) is 8.81. The summed E-state index contributed by atoms with van der Waals surface area (Å²) in [5.41, 5.74) is 3.28. The van der Waals surface area contributed by atoms with Crippen molar-refractivity contribution in [3.8, 4) is 0 Å². The number of piperidine rings is 1. The topological polar surface area (TPSA) is 61.6 Å². The molecule has 0 aliphatic carbocycles. The molecule has 0 radical (unpaired) electrons. The lowest BCUT2D eigenvalue weighted by atomic mass is 9.90. The van der Waals surface area contributed by atoms with Gasteiger partial charge in [0.05, 0.1) is 6.20 Å². The molecule has 3 rings (SSSR count). The van der Waals surface area contributed by atoms with Gasteiger partial charge in [0.15, 0.2) is 5.60 Å². The van der Waals surface area contributed by atoms with Gasteiger partial charge in [0.2, 0.25) is 0 Å². The van der Waals surface area contributed by atoms with Crippen molar-refractivity contribution < 1.29 is 9.90 Å². The quantitative estimate of drug-likeness (QED) is 0.779. The fourth-order valence-corrected chi connectivity index (χ4v) is 4.08. The normalized spacial score (nSPS) is 20.1. The van der Waals surface area contributed by atoms with E-state index >= 15 is 0 Å². The first-order valence-corrected chi connectivity index (χ1v) is 10.5.